The van der Waals surface area contributed by atoms with E-state index in [-0.39, 0.29) is 41.5 Å². The summed E-state index contributed by atoms with van der Waals surface area (Å²) in [5.41, 5.74) is 0. The topological polar surface area (TPSA) is 106 Å². The monoisotopic (exact) mass is 290 g/mol. The second-order valence-corrected chi connectivity index (χ2v) is 6.09. The van der Waals surface area contributed by atoms with Crippen molar-refractivity contribution in [2.45, 2.75) is 6.42 Å². The Labute approximate surface area is 109 Å². The smallest absolute Gasteiger partial charge is 0.228 e. The van der Waals surface area contributed by atoms with Gasteiger partial charge in [-0.3, -0.25) is 9.69 Å². The minimum absolute atomic E-state index is 0.113. The molecule has 0 bridgehead atoms. The summed E-state index contributed by atoms with van der Waals surface area (Å²) < 4.78 is 22.0. The number of rotatable bonds is 3. The van der Waals surface area contributed by atoms with E-state index in [1.54, 1.807) is 0 Å². The normalized spacial score (nSPS) is 20.4. The zero-order valence-corrected chi connectivity index (χ0v) is 10.9. The zero-order chi connectivity index (χ0) is 13.3. The Kier molecular flexibility index (Phi) is 3.51. The molecule has 9 heteroatoms. The summed E-state index contributed by atoms with van der Waals surface area (Å²) in [6, 6.07) is 0. The zero-order valence-electron chi connectivity index (χ0n) is 9.28. The first-order valence-electron chi connectivity index (χ1n) is 5.14. The van der Waals surface area contributed by atoms with Crippen LogP contribution in [0.4, 0.5) is 5.82 Å². The van der Waals surface area contributed by atoms with Crippen LogP contribution in [0, 0.1) is 5.92 Å². The van der Waals surface area contributed by atoms with Crippen LogP contribution in [0.1, 0.15) is 6.42 Å². The lowest BCUT2D eigenvalue weighted by Crippen LogP contribution is -2.28. The second kappa shape index (κ2) is 4.79. The van der Waals surface area contributed by atoms with E-state index < -0.39 is 10.0 Å². The molecular weight excluding hydrogens is 280 g/mol. The number of amides is 1. The number of carbonyl (C=O) groups excluding carboxylic acids is 1. The third kappa shape index (κ3) is 2.95. The van der Waals surface area contributed by atoms with Crippen molar-refractivity contribution < 1.29 is 13.2 Å². The van der Waals surface area contributed by atoms with Crippen molar-refractivity contribution in [3.8, 4) is 0 Å². The van der Waals surface area contributed by atoms with Gasteiger partial charge in [0.1, 0.15) is 0 Å². The van der Waals surface area contributed by atoms with Crippen LogP contribution in [-0.4, -0.2) is 36.6 Å². The molecule has 0 radical (unpaired) electrons. The number of anilines is 1. The molecule has 2 rings (SSSR count). The number of hydrogen-bond acceptors (Lipinski definition) is 5. The van der Waals surface area contributed by atoms with Gasteiger partial charge in [-0.25, -0.2) is 23.5 Å². The highest BCUT2D eigenvalue weighted by atomic mass is 35.5. The molecule has 1 aliphatic heterocycles. The van der Waals surface area contributed by atoms with E-state index in [1.807, 2.05) is 0 Å². The number of sulfonamides is 1. The fourth-order valence-electron chi connectivity index (χ4n) is 1.92. The van der Waals surface area contributed by atoms with Crippen molar-refractivity contribution in [1.29, 1.82) is 0 Å². The number of hydrogen-bond donors (Lipinski definition) is 1. The maximum absolute atomic E-state index is 11.8. The quantitative estimate of drug-likeness (QED) is 0.827. The van der Waals surface area contributed by atoms with Gasteiger partial charge >= 0.3 is 0 Å². The van der Waals surface area contributed by atoms with Gasteiger partial charge in [-0.2, -0.15) is 0 Å². The molecule has 1 unspecified atom stereocenters. The number of primary sulfonamides is 1. The predicted molar refractivity (Wildman–Crippen MR) is 65.5 cm³/mol. The molecule has 2 N–H and O–H groups in total. The van der Waals surface area contributed by atoms with Crippen molar-refractivity contribution in [3.63, 3.8) is 0 Å². The lowest BCUT2D eigenvalue weighted by atomic mass is 10.1. The molecule has 1 aliphatic rings. The third-order valence-corrected chi connectivity index (χ3v) is 3.77. The molecule has 2 heterocycles. The fraction of sp³-hybridized carbons (Fsp3) is 0.444. The summed E-state index contributed by atoms with van der Waals surface area (Å²) in [7, 11) is -3.59. The summed E-state index contributed by atoms with van der Waals surface area (Å²) in [6.45, 7) is 0.230. The average Bonchev–Trinajstić information content (AvgIpc) is 2.57. The summed E-state index contributed by atoms with van der Waals surface area (Å²) in [5, 5.41) is 5.08. The standard InChI is InChI=1S/C9H11ClN4O3S/c10-8-9(13-2-1-12-8)14-4-6(3-7(14)15)5-18(11,16)17/h1-2,6H,3-5H2,(H2,11,16,17). The summed E-state index contributed by atoms with van der Waals surface area (Å²) in [5.74, 6) is -0.551. The van der Waals surface area contributed by atoms with Crippen LogP contribution in [0.5, 0.6) is 0 Å². The fourth-order valence-corrected chi connectivity index (χ4v) is 3.01. The molecule has 1 atom stereocenters. The maximum Gasteiger partial charge on any atom is 0.228 e. The molecule has 1 saturated heterocycles. The van der Waals surface area contributed by atoms with Crippen molar-refractivity contribution >= 4 is 33.3 Å². The van der Waals surface area contributed by atoms with Crippen molar-refractivity contribution in [2.75, 3.05) is 17.2 Å². The Morgan fingerprint density at radius 3 is 2.72 bits per heavy atom. The molecule has 0 saturated carbocycles. The molecule has 18 heavy (non-hydrogen) atoms. The van der Waals surface area contributed by atoms with Gasteiger partial charge in [0.25, 0.3) is 0 Å². The van der Waals surface area contributed by atoms with Crippen LogP contribution >= 0.6 is 11.6 Å². The Morgan fingerprint density at radius 2 is 2.11 bits per heavy atom. The summed E-state index contributed by atoms with van der Waals surface area (Å²) >= 11 is 5.84. The van der Waals surface area contributed by atoms with Crippen molar-refractivity contribution in [3.05, 3.63) is 17.5 Å². The molecule has 1 amide bonds. The lowest BCUT2D eigenvalue weighted by Gasteiger charge is -2.15. The predicted octanol–water partition coefficient (Wildman–Crippen LogP) is -0.229. The SMILES string of the molecule is NS(=O)(=O)CC1CC(=O)N(c2nccnc2Cl)C1. The molecule has 0 spiro atoms. The first-order chi connectivity index (χ1) is 8.37. The van der Waals surface area contributed by atoms with E-state index in [1.165, 1.54) is 17.3 Å². The number of nitrogens with zero attached hydrogens (tertiary/aromatic N) is 3. The van der Waals surface area contributed by atoms with Gasteiger partial charge in [0.05, 0.1) is 5.75 Å². The van der Waals surface area contributed by atoms with Crippen LogP contribution in [0.25, 0.3) is 0 Å². The van der Waals surface area contributed by atoms with Crippen LogP contribution in [0.2, 0.25) is 5.15 Å². The highest BCUT2D eigenvalue weighted by Gasteiger charge is 2.34. The Bertz CT molecular complexity index is 577. The van der Waals surface area contributed by atoms with Gasteiger partial charge in [0.2, 0.25) is 15.9 Å². The minimum Gasteiger partial charge on any atom is -0.294 e. The average molecular weight is 291 g/mol. The molecule has 0 aromatic carbocycles. The highest BCUT2D eigenvalue weighted by Crippen LogP contribution is 2.27. The van der Waals surface area contributed by atoms with E-state index >= 15 is 0 Å². The van der Waals surface area contributed by atoms with E-state index in [9.17, 15) is 13.2 Å². The first-order valence-corrected chi connectivity index (χ1v) is 7.23. The third-order valence-electron chi connectivity index (χ3n) is 2.56. The largest absolute Gasteiger partial charge is 0.294 e. The van der Waals surface area contributed by atoms with Gasteiger partial charge in [-0.1, -0.05) is 11.6 Å². The number of nitrogens with two attached hydrogens (primary N) is 1. The molecular formula is C9H11ClN4O3S. The van der Waals surface area contributed by atoms with Crippen molar-refractivity contribution in [2.24, 2.45) is 11.1 Å². The Balaban J connectivity index is 2.18. The van der Waals surface area contributed by atoms with Gasteiger partial charge in [-0.15, -0.1) is 0 Å². The summed E-state index contributed by atoms with van der Waals surface area (Å²) in [6.07, 6.45) is 2.94. The van der Waals surface area contributed by atoms with E-state index in [0.29, 0.717) is 0 Å². The van der Waals surface area contributed by atoms with Crippen LogP contribution < -0.4 is 10.0 Å². The van der Waals surface area contributed by atoms with Gasteiger partial charge < -0.3 is 0 Å². The Hall–Kier alpha value is -1.25. The molecule has 1 aromatic rings. The number of carbonyl (C=O) groups is 1. The van der Waals surface area contributed by atoms with Gasteiger partial charge in [0.15, 0.2) is 11.0 Å². The molecule has 0 aliphatic carbocycles. The highest BCUT2D eigenvalue weighted by molar-refractivity contribution is 7.89. The number of aromatic nitrogens is 2. The van der Waals surface area contributed by atoms with Gasteiger partial charge in [-0.05, 0) is 0 Å². The van der Waals surface area contributed by atoms with E-state index in [4.69, 9.17) is 16.7 Å². The van der Waals surface area contributed by atoms with Crippen molar-refractivity contribution in [1.82, 2.24) is 9.97 Å². The second-order valence-electron chi connectivity index (χ2n) is 4.07. The maximum atomic E-state index is 11.8. The van der Waals surface area contributed by atoms with Crippen LogP contribution in [-0.2, 0) is 14.8 Å². The molecule has 98 valence electrons. The van der Waals surface area contributed by atoms with E-state index in [0.717, 1.165) is 0 Å². The lowest BCUT2D eigenvalue weighted by molar-refractivity contribution is -0.117. The number of halogens is 1. The van der Waals surface area contributed by atoms with Gasteiger partial charge in [0, 0.05) is 31.3 Å². The first kappa shape index (κ1) is 13.2. The Morgan fingerprint density at radius 1 is 1.44 bits per heavy atom. The minimum atomic E-state index is -3.59. The van der Waals surface area contributed by atoms with Crippen LogP contribution in [0.15, 0.2) is 12.4 Å². The molecule has 1 fully saturated rings. The molecule has 7 nitrogen and oxygen atoms in total. The summed E-state index contributed by atoms with van der Waals surface area (Å²) in [4.78, 5) is 20.9. The molecule has 1 aromatic heterocycles. The van der Waals surface area contributed by atoms with E-state index in [2.05, 4.69) is 9.97 Å². The van der Waals surface area contributed by atoms with Crippen LogP contribution in [0.3, 0.4) is 0 Å².